The minimum Gasteiger partial charge on any atom is -0.480 e. The Morgan fingerprint density at radius 2 is 1.59 bits per heavy atom. The van der Waals surface area contributed by atoms with E-state index in [1.807, 2.05) is 0 Å². The van der Waals surface area contributed by atoms with Crippen LogP contribution < -0.4 is 15.2 Å². The van der Waals surface area contributed by atoms with E-state index in [1.165, 1.54) is 18.8 Å². The van der Waals surface area contributed by atoms with Crippen LogP contribution in [0.4, 0.5) is 18.9 Å². The van der Waals surface area contributed by atoms with Crippen LogP contribution in [0, 0.1) is 0 Å². The third-order valence-corrected chi connectivity index (χ3v) is 10.1. The van der Waals surface area contributed by atoms with E-state index in [0.717, 1.165) is 29.4 Å². The van der Waals surface area contributed by atoms with Crippen molar-refractivity contribution in [1.29, 1.82) is 0 Å². The van der Waals surface area contributed by atoms with Gasteiger partial charge in [0.1, 0.15) is 17.5 Å². The molecule has 3 aromatic carbocycles. The Morgan fingerprint density at radius 3 is 2.11 bits per heavy atom. The molecule has 2 unspecified atom stereocenters. The van der Waals surface area contributed by atoms with Crippen LogP contribution in [0.25, 0.3) is 0 Å². The summed E-state index contributed by atoms with van der Waals surface area (Å²) in [5, 5.41) is 16.7. The Morgan fingerprint density at radius 1 is 0.981 bits per heavy atom. The third-order valence-electron chi connectivity index (χ3n) is 6.77. The zero-order valence-corrected chi connectivity index (χ0v) is 31.9. The largest absolute Gasteiger partial charge is 0.480 e. The van der Waals surface area contributed by atoms with Gasteiger partial charge >= 0.3 is 34.3 Å². The topological polar surface area (TPSA) is 240 Å². The number of fused-ring (bicyclic) bond motifs is 1. The van der Waals surface area contributed by atoms with Gasteiger partial charge in [-0.2, -0.15) is 21.6 Å². The van der Waals surface area contributed by atoms with Crippen molar-refractivity contribution < 1.29 is 69.9 Å². The summed E-state index contributed by atoms with van der Waals surface area (Å²) in [5.41, 5.74) is 4.69. The summed E-state index contributed by atoms with van der Waals surface area (Å²) < 4.78 is 85.6. The maximum atomic E-state index is 12.7. The number of hydrogen-bond donors (Lipinski definition) is 5. The van der Waals surface area contributed by atoms with Gasteiger partial charge in [0.2, 0.25) is 0 Å². The number of carbonyl (C=O) groups is 4. The standard InChI is InChI=1S/C17H11Cl2F3O5.C10H12N2O3S.C5H12NO4P/c1-8(15(23)24)26-16(25)11-7-10(3-4-12(11)18)27-14-5-2-9(6-13(14)19)17(20,21)22;1-7(2)12-10(13)8-5-3-4-6-9(8)11-16(12,14)15;1-11(9,10)3-2-4(6)5(7)8/h2-8H,1H3,(H,23,24);3-7,11H,1-2H3;4H,2-3,6H2,1H3,(H,7,8)(H,9,10)/t8-;;/m0../s1. The summed E-state index contributed by atoms with van der Waals surface area (Å²) in [6.07, 6.45) is -5.96. The Bertz CT molecular complexity index is 2030. The summed E-state index contributed by atoms with van der Waals surface area (Å²) in [6, 6.07) is 11.5. The number of ether oxygens (including phenoxy) is 2. The number of carbonyl (C=O) groups excluding carboxylic acids is 2. The number of nitrogens with zero attached hydrogens (tertiary/aromatic N) is 1. The summed E-state index contributed by atoms with van der Waals surface area (Å²) >= 11 is 11.7. The van der Waals surface area contributed by atoms with E-state index >= 15 is 0 Å². The lowest BCUT2D eigenvalue weighted by molar-refractivity contribution is -0.146. The Balaban J connectivity index is 0.000000315. The number of anilines is 1. The molecule has 1 aliphatic rings. The Labute approximate surface area is 317 Å². The molecule has 3 atom stereocenters. The van der Waals surface area contributed by atoms with Crippen molar-refractivity contribution in [2.24, 2.45) is 5.73 Å². The molecule has 1 aliphatic heterocycles. The first-order valence-corrected chi connectivity index (χ1v) is 19.7. The first-order chi connectivity index (χ1) is 24.7. The van der Waals surface area contributed by atoms with E-state index in [-0.39, 0.29) is 39.7 Å². The minimum atomic E-state index is -4.56. The highest BCUT2D eigenvalue weighted by atomic mass is 35.5. The molecule has 0 fully saturated rings. The van der Waals surface area contributed by atoms with Gasteiger partial charge in [-0.1, -0.05) is 35.3 Å². The predicted molar refractivity (Wildman–Crippen MR) is 192 cm³/mol. The zero-order valence-electron chi connectivity index (χ0n) is 28.7. The maximum Gasteiger partial charge on any atom is 0.416 e. The summed E-state index contributed by atoms with van der Waals surface area (Å²) in [6.45, 7) is 5.66. The predicted octanol–water partition coefficient (Wildman–Crippen LogP) is 6.33. The molecule has 296 valence electrons. The average Bonchev–Trinajstić information content (AvgIpc) is 3.04. The molecular weight excluding hydrogens is 809 g/mol. The molecule has 22 heteroatoms. The van der Waals surface area contributed by atoms with Crippen molar-refractivity contribution in [3.05, 3.63) is 87.4 Å². The zero-order chi connectivity index (χ0) is 41.3. The second-order valence-electron chi connectivity index (χ2n) is 11.6. The summed E-state index contributed by atoms with van der Waals surface area (Å²) in [7, 11) is -6.85. The van der Waals surface area contributed by atoms with Gasteiger partial charge in [-0.3, -0.25) is 18.9 Å². The van der Waals surface area contributed by atoms with E-state index in [1.54, 1.807) is 38.1 Å². The number of esters is 1. The lowest BCUT2D eigenvalue weighted by atomic mass is 10.1. The van der Waals surface area contributed by atoms with Gasteiger partial charge in [0, 0.05) is 18.9 Å². The number of carboxylic acid groups (broad SMARTS) is 2. The molecule has 0 aliphatic carbocycles. The fourth-order valence-electron chi connectivity index (χ4n) is 4.07. The minimum absolute atomic E-state index is 0.0246. The number of benzene rings is 3. The summed E-state index contributed by atoms with van der Waals surface area (Å²) in [5.74, 6) is -4.01. The monoisotopic (exact) mass is 843 g/mol. The smallest absolute Gasteiger partial charge is 0.416 e. The van der Waals surface area contributed by atoms with Gasteiger partial charge in [0.25, 0.3) is 5.91 Å². The van der Waals surface area contributed by atoms with E-state index in [2.05, 4.69) is 4.72 Å². The maximum absolute atomic E-state index is 12.7. The molecule has 6 N–H and O–H groups in total. The fraction of sp³-hybridized carbons (Fsp3) is 0.312. The van der Waals surface area contributed by atoms with Gasteiger partial charge in [0.05, 0.1) is 32.4 Å². The van der Waals surface area contributed by atoms with Gasteiger partial charge in [-0.05, 0) is 75.7 Å². The number of amides is 1. The third kappa shape index (κ3) is 13.5. The van der Waals surface area contributed by atoms with Crippen LogP contribution in [0.3, 0.4) is 0 Å². The number of rotatable bonds is 10. The molecule has 0 radical (unpaired) electrons. The van der Waals surface area contributed by atoms with E-state index in [9.17, 15) is 45.3 Å². The van der Waals surface area contributed by atoms with Crippen molar-refractivity contribution in [3.63, 3.8) is 0 Å². The second-order valence-corrected chi connectivity index (χ2v) is 16.5. The highest BCUT2D eigenvalue weighted by molar-refractivity contribution is 7.91. The first-order valence-electron chi connectivity index (χ1n) is 15.3. The van der Waals surface area contributed by atoms with Crippen LogP contribution >= 0.6 is 30.6 Å². The molecule has 0 aromatic heterocycles. The van der Waals surface area contributed by atoms with E-state index in [0.29, 0.717) is 17.3 Å². The molecular formula is C32H35Cl2F3N3O12PS. The molecule has 0 saturated carbocycles. The number of alkyl halides is 3. The number of carboxylic acids is 2. The number of para-hydroxylation sites is 1. The van der Waals surface area contributed by atoms with Crippen molar-refractivity contribution in [2.75, 3.05) is 17.5 Å². The van der Waals surface area contributed by atoms with Crippen molar-refractivity contribution in [1.82, 2.24) is 4.31 Å². The van der Waals surface area contributed by atoms with E-state index in [4.69, 9.17) is 53.5 Å². The Hall–Kier alpha value is -4.39. The number of aliphatic carboxylic acids is 2. The van der Waals surface area contributed by atoms with Gasteiger partial charge in [-0.25, -0.2) is 13.9 Å². The highest BCUT2D eigenvalue weighted by Gasteiger charge is 2.37. The molecule has 0 saturated heterocycles. The number of hydrogen-bond acceptors (Lipinski definition) is 10. The Kier molecular flexibility index (Phi) is 15.9. The van der Waals surface area contributed by atoms with Crippen molar-refractivity contribution >= 4 is 70.3 Å². The SMILES string of the molecule is CC(C)N1C(=O)c2ccccc2NS1(=O)=O.CP(=O)(O)CCC(N)C(=O)O.C[C@H](OC(=O)c1cc(Oc2ccc(C(F)(F)F)cc2Cl)ccc1Cl)C(=O)O. The molecule has 1 heterocycles. The highest BCUT2D eigenvalue weighted by Crippen LogP contribution is 2.37. The number of halogens is 5. The quantitative estimate of drug-likeness (QED) is 0.111. The van der Waals surface area contributed by atoms with Crippen molar-refractivity contribution in [2.45, 2.75) is 51.6 Å². The molecule has 15 nitrogen and oxygen atoms in total. The van der Waals surface area contributed by atoms with Crippen LogP contribution in [0.2, 0.25) is 10.0 Å². The van der Waals surface area contributed by atoms with Crippen LogP contribution in [0.1, 0.15) is 53.5 Å². The fourth-order valence-corrected chi connectivity index (χ4v) is 6.67. The van der Waals surface area contributed by atoms with Crippen LogP contribution in [-0.2, 0) is 35.3 Å². The number of nitrogens with two attached hydrogens (primary N) is 1. The molecule has 3 aromatic rings. The van der Waals surface area contributed by atoms with Crippen LogP contribution in [0.5, 0.6) is 11.5 Å². The van der Waals surface area contributed by atoms with E-state index < -0.39 is 71.3 Å². The van der Waals surface area contributed by atoms with Crippen LogP contribution in [-0.4, -0.2) is 82.7 Å². The lowest BCUT2D eigenvalue weighted by Gasteiger charge is -2.31. The molecule has 54 heavy (non-hydrogen) atoms. The van der Waals surface area contributed by atoms with Gasteiger partial charge in [-0.15, -0.1) is 0 Å². The normalized spacial score (nSPS) is 15.4. The van der Waals surface area contributed by atoms with Crippen LogP contribution in [0.15, 0.2) is 60.7 Å². The first kappa shape index (κ1) is 45.8. The molecule has 0 spiro atoms. The molecule has 4 rings (SSSR count). The van der Waals surface area contributed by atoms with Gasteiger partial charge in [0.15, 0.2) is 13.5 Å². The average molecular weight is 845 g/mol. The summed E-state index contributed by atoms with van der Waals surface area (Å²) in [4.78, 5) is 53.7. The van der Waals surface area contributed by atoms with Crippen molar-refractivity contribution in [3.8, 4) is 11.5 Å². The molecule has 0 bridgehead atoms. The molecule has 1 amide bonds. The second kappa shape index (κ2) is 18.8. The number of nitrogens with one attached hydrogen (secondary N) is 1. The lowest BCUT2D eigenvalue weighted by Crippen LogP contribution is -2.48. The van der Waals surface area contributed by atoms with Gasteiger partial charge < -0.3 is 30.3 Å².